The fourth-order valence-corrected chi connectivity index (χ4v) is 9.84. The Kier molecular flexibility index (Phi) is 7.72. The second kappa shape index (κ2) is 10.5. The van der Waals surface area contributed by atoms with E-state index in [-0.39, 0.29) is 25.9 Å². The molecular formula is C31H42O13. The van der Waals surface area contributed by atoms with Crippen molar-refractivity contribution in [2.75, 3.05) is 6.61 Å². The predicted octanol–water partition coefficient (Wildman–Crippen LogP) is 1.44. The van der Waals surface area contributed by atoms with Crippen molar-refractivity contribution in [2.45, 2.75) is 116 Å². The number of carbonyl (C=O) groups excluding carboxylic acids is 6. The number of fused-ring (bicyclic) bond motifs is 2. The predicted molar refractivity (Wildman–Crippen MR) is 146 cm³/mol. The summed E-state index contributed by atoms with van der Waals surface area (Å²) in [5.41, 5.74) is -6.33. The van der Waals surface area contributed by atoms with Crippen LogP contribution in [0.25, 0.3) is 0 Å². The van der Waals surface area contributed by atoms with Crippen LogP contribution in [0, 0.1) is 35.0 Å². The number of rotatable bonds is 6. The van der Waals surface area contributed by atoms with Crippen molar-refractivity contribution >= 4 is 35.6 Å². The van der Waals surface area contributed by atoms with Crippen LogP contribution in [0.2, 0.25) is 0 Å². The van der Waals surface area contributed by atoms with Crippen LogP contribution in [0.15, 0.2) is 0 Å². The van der Waals surface area contributed by atoms with Crippen molar-refractivity contribution in [3.05, 3.63) is 0 Å². The SMILES string of the molecule is CCC(=O)O[C@@H]1[C@@H]2[C@@H](OC(C)=O)[C@@]34CO[C@@](C)([C@H](OC(C)=O)[C@@]2(OC(C)=O)C[C@@H]1C)[C@@H]3[C@@H]1[C@@H](C[C@]1(C)OC(C)=O)[C@@H](O)C4=O. The molecular weight excluding hydrogens is 580 g/mol. The standard InChI is InChI=1S/C31H42O13/c1-9-19(36)42-23-13(2)10-31(44-17(6)35)21(23)26(40-14(3)32)30-12-39-29(8,27(31)41-15(4)33)24(30)20-18(22(37)25(30)38)11-28(20,7)43-16(5)34/h13,18,20-24,26-27,37H,9-12H2,1-8H3/t13-,18+,20-,21+,22+,23-,24-,26+,27-,28-,29+,30-,31+/m0/s1. The maximum Gasteiger partial charge on any atom is 0.305 e. The van der Waals surface area contributed by atoms with Gasteiger partial charge < -0.3 is 33.5 Å². The summed E-state index contributed by atoms with van der Waals surface area (Å²) in [5, 5.41) is 11.5. The first-order valence-corrected chi connectivity index (χ1v) is 15.2. The molecule has 4 saturated carbocycles. The minimum atomic E-state index is -1.79. The first-order chi connectivity index (χ1) is 20.4. The van der Waals surface area contributed by atoms with Crippen LogP contribution >= 0.6 is 0 Å². The number of ketones is 1. The fraction of sp³-hybridized carbons (Fsp3) is 0.806. The van der Waals surface area contributed by atoms with Crippen molar-refractivity contribution in [1.82, 2.24) is 0 Å². The minimum Gasteiger partial charge on any atom is -0.461 e. The maximum atomic E-state index is 14.6. The zero-order chi connectivity index (χ0) is 32.7. The second-order valence-electron chi connectivity index (χ2n) is 13.7. The summed E-state index contributed by atoms with van der Waals surface area (Å²) < 4.78 is 36.6. The summed E-state index contributed by atoms with van der Waals surface area (Å²) in [6, 6.07) is 0. The molecule has 0 aromatic carbocycles. The smallest absolute Gasteiger partial charge is 0.305 e. The Hall–Kier alpha value is -3.06. The summed E-state index contributed by atoms with van der Waals surface area (Å²) in [6.07, 6.45) is -5.24. The summed E-state index contributed by atoms with van der Waals surface area (Å²) >= 11 is 0. The number of hydrogen-bond acceptors (Lipinski definition) is 13. The highest BCUT2D eigenvalue weighted by Crippen LogP contribution is 2.72. The number of aliphatic hydroxyl groups is 1. The normalized spacial score (nSPS) is 46.7. The van der Waals surface area contributed by atoms with E-state index in [0.29, 0.717) is 0 Å². The molecule has 1 aliphatic heterocycles. The average molecular weight is 623 g/mol. The molecule has 13 nitrogen and oxygen atoms in total. The van der Waals surface area contributed by atoms with Crippen LogP contribution in [0.1, 0.15) is 74.7 Å². The molecule has 5 aliphatic rings. The van der Waals surface area contributed by atoms with E-state index in [9.17, 15) is 33.9 Å². The van der Waals surface area contributed by atoms with E-state index in [1.165, 1.54) is 20.8 Å². The van der Waals surface area contributed by atoms with Crippen molar-refractivity contribution in [2.24, 2.45) is 35.0 Å². The first kappa shape index (κ1) is 32.3. The third-order valence-electron chi connectivity index (χ3n) is 10.9. The van der Waals surface area contributed by atoms with Gasteiger partial charge in [0.25, 0.3) is 0 Å². The number of carbonyl (C=O) groups is 6. The summed E-state index contributed by atoms with van der Waals surface area (Å²) in [7, 11) is 0. The van der Waals surface area contributed by atoms with Crippen LogP contribution in [0.4, 0.5) is 0 Å². The largest absolute Gasteiger partial charge is 0.461 e. The van der Waals surface area contributed by atoms with Gasteiger partial charge in [-0.1, -0.05) is 13.8 Å². The number of hydrogen-bond donors (Lipinski definition) is 1. The molecule has 5 rings (SSSR count). The van der Waals surface area contributed by atoms with E-state index in [4.69, 9.17) is 28.4 Å². The van der Waals surface area contributed by atoms with E-state index >= 15 is 0 Å². The van der Waals surface area contributed by atoms with Crippen LogP contribution in [-0.2, 0) is 57.2 Å². The molecule has 2 bridgehead atoms. The molecule has 13 heteroatoms. The Morgan fingerprint density at radius 2 is 1.50 bits per heavy atom. The van der Waals surface area contributed by atoms with Gasteiger partial charge in [-0.05, 0) is 32.6 Å². The molecule has 44 heavy (non-hydrogen) atoms. The highest BCUT2D eigenvalue weighted by atomic mass is 16.6. The van der Waals surface area contributed by atoms with Gasteiger partial charge in [0.05, 0.1) is 17.9 Å². The van der Waals surface area contributed by atoms with E-state index in [2.05, 4.69) is 0 Å². The van der Waals surface area contributed by atoms with Gasteiger partial charge in [0.1, 0.15) is 29.5 Å². The van der Waals surface area contributed by atoms with Gasteiger partial charge in [0.2, 0.25) is 0 Å². The molecule has 1 saturated heterocycles. The van der Waals surface area contributed by atoms with E-state index < -0.39 is 112 Å². The lowest BCUT2D eigenvalue weighted by atomic mass is 9.42. The molecule has 0 amide bonds. The highest BCUT2D eigenvalue weighted by Gasteiger charge is 2.86. The second-order valence-corrected chi connectivity index (χ2v) is 13.7. The Labute approximate surface area is 255 Å². The van der Waals surface area contributed by atoms with Gasteiger partial charge in [-0.3, -0.25) is 28.8 Å². The summed E-state index contributed by atoms with van der Waals surface area (Å²) in [6.45, 7) is 11.2. The van der Waals surface area contributed by atoms with E-state index in [1.807, 2.05) is 0 Å². The molecule has 1 heterocycles. The molecule has 4 aliphatic carbocycles. The Morgan fingerprint density at radius 3 is 2.05 bits per heavy atom. The van der Waals surface area contributed by atoms with Crippen molar-refractivity contribution in [3.63, 3.8) is 0 Å². The number of aliphatic hydroxyl groups excluding tert-OH is 1. The molecule has 0 aromatic rings. The van der Waals surface area contributed by atoms with Crippen molar-refractivity contribution < 1.29 is 62.3 Å². The molecule has 1 N–H and O–H groups in total. The van der Waals surface area contributed by atoms with Gasteiger partial charge in [-0.15, -0.1) is 0 Å². The fourth-order valence-electron chi connectivity index (χ4n) is 9.84. The molecule has 244 valence electrons. The zero-order valence-electron chi connectivity index (χ0n) is 26.4. The molecule has 0 spiro atoms. The number of Topliss-reactive ketones (excluding diaryl/α,β-unsaturated/α-hetero) is 1. The highest BCUT2D eigenvalue weighted by molar-refractivity contribution is 5.93. The van der Waals surface area contributed by atoms with E-state index in [1.54, 1.807) is 27.7 Å². The zero-order valence-corrected chi connectivity index (χ0v) is 26.4. The lowest BCUT2D eigenvalue weighted by molar-refractivity contribution is -0.259. The summed E-state index contributed by atoms with van der Waals surface area (Å²) in [4.78, 5) is 78.4. The van der Waals surface area contributed by atoms with Gasteiger partial charge in [-0.2, -0.15) is 0 Å². The van der Waals surface area contributed by atoms with Crippen LogP contribution < -0.4 is 0 Å². The quantitative estimate of drug-likeness (QED) is 0.333. The lowest BCUT2D eigenvalue weighted by Crippen LogP contribution is -2.74. The monoisotopic (exact) mass is 622 g/mol. The minimum absolute atomic E-state index is 0.00240. The Balaban J connectivity index is 1.86. The summed E-state index contributed by atoms with van der Waals surface area (Å²) in [5.74, 6) is -8.11. The molecule has 0 aromatic heterocycles. The first-order valence-electron chi connectivity index (χ1n) is 15.2. The lowest BCUT2D eigenvalue weighted by Gasteiger charge is -2.64. The van der Waals surface area contributed by atoms with Gasteiger partial charge in [0, 0.05) is 51.9 Å². The molecule has 5 fully saturated rings. The van der Waals surface area contributed by atoms with Crippen molar-refractivity contribution in [1.29, 1.82) is 0 Å². The number of ether oxygens (including phenoxy) is 6. The van der Waals surface area contributed by atoms with Gasteiger partial charge >= 0.3 is 29.8 Å². The number of esters is 5. The Bertz CT molecular complexity index is 1290. The topological polar surface area (TPSA) is 178 Å². The molecule has 13 atom stereocenters. The van der Waals surface area contributed by atoms with Gasteiger partial charge in [0.15, 0.2) is 17.5 Å². The average Bonchev–Trinajstić information content (AvgIpc) is 3.33. The third-order valence-corrected chi connectivity index (χ3v) is 10.9. The molecule has 0 unspecified atom stereocenters. The van der Waals surface area contributed by atoms with Crippen molar-refractivity contribution in [3.8, 4) is 0 Å². The van der Waals surface area contributed by atoms with Crippen LogP contribution in [0.3, 0.4) is 0 Å². The van der Waals surface area contributed by atoms with E-state index in [0.717, 1.165) is 6.92 Å². The van der Waals surface area contributed by atoms with Gasteiger partial charge in [-0.25, -0.2) is 0 Å². The Morgan fingerprint density at radius 1 is 0.886 bits per heavy atom. The van der Waals surface area contributed by atoms with Crippen LogP contribution in [0.5, 0.6) is 0 Å². The maximum absolute atomic E-state index is 14.6. The molecule has 0 radical (unpaired) electrons. The third kappa shape index (κ3) is 4.32. The van der Waals surface area contributed by atoms with Crippen LogP contribution in [-0.4, -0.2) is 88.6 Å².